The van der Waals surface area contributed by atoms with Gasteiger partial charge in [0, 0.05) is 12.0 Å². The average Bonchev–Trinajstić information content (AvgIpc) is 2.62. The van der Waals surface area contributed by atoms with Gasteiger partial charge < -0.3 is 10.4 Å². The van der Waals surface area contributed by atoms with Crippen molar-refractivity contribution in [2.45, 2.75) is 12.5 Å². The molecule has 1 amide bonds. The van der Waals surface area contributed by atoms with E-state index in [2.05, 4.69) is 10.3 Å². The van der Waals surface area contributed by atoms with Gasteiger partial charge >= 0.3 is 0 Å². The lowest BCUT2D eigenvalue weighted by Crippen LogP contribution is -2.29. The van der Waals surface area contributed by atoms with Crippen molar-refractivity contribution in [1.29, 1.82) is 0 Å². The number of rotatable bonds is 5. The molecule has 1 atom stereocenters. The number of aliphatic hydroxyl groups excluding tert-OH is 1. The Morgan fingerprint density at radius 3 is 2.62 bits per heavy atom. The molecule has 5 heteroatoms. The van der Waals surface area contributed by atoms with Crippen LogP contribution in [0.5, 0.6) is 0 Å². The first-order chi connectivity index (χ1) is 11.7. The topological polar surface area (TPSA) is 62.2 Å². The maximum Gasteiger partial charge on any atom is 0.270 e. The smallest absolute Gasteiger partial charge is 0.270 e. The van der Waals surface area contributed by atoms with Crippen molar-refractivity contribution in [2.24, 2.45) is 0 Å². The van der Waals surface area contributed by atoms with Crippen LogP contribution in [-0.4, -0.2) is 22.6 Å². The second-order valence-electron chi connectivity index (χ2n) is 5.46. The molecule has 1 aromatic heterocycles. The molecule has 0 saturated heterocycles. The second kappa shape index (κ2) is 7.19. The first-order valence-corrected chi connectivity index (χ1v) is 7.71. The van der Waals surface area contributed by atoms with E-state index >= 15 is 0 Å². The van der Waals surface area contributed by atoms with Crippen LogP contribution in [0.25, 0.3) is 10.9 Å². The number of aromatic nitrogens is 1. The molecule has 24 heavy (non-hydrogen) atoms. The van der Waals surface area contributed by atoms with Crippen LogP contribution in [0.15, 0.2) is 60.7 Å². The molecule has 2 N–H and O–H groups in total. The fraction of sp³-hybridized carbons (Fsp3) is 0.158. The van der Waals surface area contributed by atoms with Crippen molar-refractivity contribution in [2.75, 3.05) is 6.61 Å². The molecule has 0 unspecified atom stereocenters. The largest absolute Gasteiger partial charge is 0.396 e. The van der Waals surface area contributed by atoms with Gasteiger partial charge in [-0.05, 0) is 24.1 Å². The number of amides is 1. The van der Waals surface area contributed by atoms with Crippen LogP contribution in [0.1, 0.15) is 28.5 Å². The quantitative estimate of drug-likeness (QED) is 0.757. The summed E-state index contributed by atoms with van der Waals surface area (Å²) in [5.74, 6) is -0.862. The SMILES string of the molecule is O=C(N[C@H](CCO)c1ccccc1)c1ccc2cccc(F)c2n1. The van der Waals surface area contributed by atoms with Gasteiger partial charge in [-0.2, -0.15) is 0 Å². The summed E-state index contributed by atoms with van der Waals surface area (Å²) in [7, 11) is 0. The first-order valence-electron chi connectivity index (χ1n) is 7.71. The Kier molecular flexibility index (Phi) is 4.82. The number of aliphatic hydroxyl groups is 1. The highest BCUT2D eigenvalue weighted by Gasteiger charge is 2.17. The molecular formula is C19H17FN2O2. The summed E-state index contributed by atoms with van der Waals surface area (Å²) in [6.07, 6.45) is 0.387. The molecular weight excluding hydrogens is 307 g/mol. The molecule has 0 aliphatic rings. The van der Waals surface area contributed by atoms with Gasteiger partial charge in [0.1, 0.15) is 17.0 Å². The van der Waals surface area contributed by atoms with Crippen LogP contribution in [0.4, 0.5) is 4.39 Å². The highest BCUT2D eigenvalue weighted by molar-refractivity contribution is 5.95. The number of halogens is 1. The lowest BCUT2D eigenvalue weighted by molar-refractivity contribution is 0.0925. The minimum atomic E-state index is -0.461. The summed E-state index contributed by atoms with van der Waals surface area (Å²) in [6.45, 7) is -0.0559. The molecule has 0 spiro atoms. The highest BCUT2D eigenvalue weighted by Crippen LogP contribution is 2.19. The van der Waals surface area contributed by atoms with Crippen LogP contribution in [0.2, 0.25) is 0 Å². The van der Waals surface area contributed by atoms with Gasteiger partial charge in [0.05, 0.1) is 6.04 Å². The van der Waals surface area contributed by atoms with E-state index in [-0.39, 0.29) is 23.9 Å². The molecule has 0 radical (unpaired) electrons. The van der Waals surface area contributed by atoms with Gasteiger partial charge in [-0.3, -0.25) is 4.79 Å². The minimum absolute atomic E-state index is 0.0559. The third kappa shape index (κ3) is 3.41. The van der Waals surface area contributed by atoms with Gasteiger partial charge in [0.2, 0.25) is 0 Å². The zero-order valence-corrected chi connectivity index (χ0v) is 12.9. The zero-order chi connectivity index (χ0) is 16.9. The predicted molar refractivity (Wildman–Crippen MR) is 90.1 cm³/mol. The van der Waals surface area contributed by atoms with Gasteiger partial charge in [-0.25, -0.2) is 9.37 Å². The third-order valence-electron chi connectivity index (χ3n) is 3.83. The predicted octanol–water partition coefficient (Wildman–Crippen LogP) is 3.23. The molecule has 0 aliphatic carbocycles. The molecule has 0 bridgehead atoms. The number of nitrogens with one attached hydrogen (secondary N) is 1. The summed E-state index contributed by atoms with van der Waals surface area (Å²) in [4.78, 5) is 16.6. The van der Waals surface area contributed by atoms with Crippen molar-refractivity contribution >= 4 is 16.8 Å². The number of fused-ring (bicyclic) bond motifs is 1. The molecule has 1 heterocycles. The molecule has 122 valence electrons. The lowest BCUT2D eigenvalue weighted by atomic mass is 10.0. The van der Waals surface area contributed by atoms with E-state index in [0.717, 1.165) is 5.56 Å². The van der Waals surface area contributed by atoms with E-state index in [4.69, 9.17) is 0 Å². The van der Waals surface area contributed by atoms with E-state index < -0.39 is 11.7 Å². The molecule has 0 saturated carbocycles. The van der Waals surface area contributed by atoms with Gasteiger partial charge in [0.15, 0.2) is 0 Å². The number of para-hydroxylation sites is 1. The number of hydrogen-bond acceptors (Lipinski definition) is 3. The Labute approximate surface area is 139 Å². The van der Waals surface area contributed by atoms with Crippen molar-refractivity contribution in [3.8, 4) is 0 Å². The Balaban J connectivity index is 1.86. The molecule has 3 rings (SSSR count). The zero-order valence-electron chi connectivity index (χ0n) is 12.9. The maximum absolute atomic E-state index is 13.9. The summed E-state index contributed by atoms with van der Waals surface area (Å²) < 4.78 is 13.9. The standard InChI is InChI=1S/C19H17FN2O2/c20-15-8-4-7-14-9-10-17(21-18(14)15)19(24)22-16(11-12-23)13-5-2-1-3-6-13/h1-10,16,23H,11-12H2,(H,22,24)/t16-/m1/s1. The Bertz CT molecular complexity index is 852. The van der Waals surface area contributed by atoms with Crippen LogP contribution in [-0.2, 0) is 0 Å². The first kappa shape index (κ1) is 16.1. The highest BCUT2D eigenvalue weighted by atomic mass is 19.1. The van der Waals surface area contributed by atoms with E-state index in [1.54, 1.807) is 24.3 Å². The number of carbonyl (C=O) groups excluding carboxylic acids is 1. The van der Waals surface area contributed by atoms with E-state index in [1.165, 1.54) is 6.07 Å². The van der Waals surface area contributed by atoms with Gasteiger partial charge in [0.25, 0.3) is 5.91 Å². The summed E-state index contributed by atoms with van der Waals surface area (Å²) in [5.41, 5.74) is 1.21. The molecule has 0 aliphatic heterocycles. The van der Waals surface area contributed by atoms with Crippen LogP contribution >= 0.6 is 0 Å². The normalized spacial score (nSPS) is 12.1. The fourth-order valence-corrected chi connectivity index (χ4v) is 2.61. The van der Waals surface area contributed by atoms with Crippen molar-refractivity contribution in [1.82, 2.24) is 10.3 Å². The van der Waals surface area contributed by atoms with E-state index in [9.17, 15) is 14.3 Å². The number of benzene rings is 2. The average molecular weight is 324 g/mol. The number of nitrogens with zero attached hydrogens (tertiary/aromatic N) is 1. The number of carbonyl (C=O) groups is 1. The van der Waals surface area contributed by atoms with Crippen LogP contribution < -0.4 is 5.32 Å². The molecule has 4 nitrogen and oxygen atoms in total. The number of hydrogen-bond donors (Lipinski definition) is 2. The van der Waals surface area contributed by atoms with E-state index in [1.807, 2.05) is 30.3 Å². The van der Waals surface area contributed by atoms with Crippen molar-refractivity contribution in [3.63, 3.8) is 0 Å². The number of pyridine rings is 1. The minimum Gasteiger partial charge on any atom is -0.396 e. The maximum atomic E-state index is 13.9. The summed E-state index contributed by atoms with van der Waals surface area (Å²) >= 11 is 0. The Morgan fingerprint density at radius 2 is 1.88 bits per heavy atom. The van der Waals surface area contributed by atoms with Crippen LogP contribution in [0.3, 0.4) is 0 Å². The Hall–Kier alpha value is -2.79. The molecule has 2 aromatic carbocycles. The van der Waals surface area contributed by atoms with E-state index in [0.29, 0.717) is 11.8 Å². The monoisotopic (exact) mass is 324 g/mol. The Morgan fingerprint density at radius 1 is 1.08 bits per heavy atom. The summed E-state index contributed by atoms with van der Waals surface area (Å²) in [5, 5.41) is 12.7. The van der Waals surface area contributed by atoms with Crippen LogP contribution in [0, 0.1) is 5.82 Å². The molecule has 3 aromatic rings. The van der Waals surface area contributed by atoms with Crippen molar-refractivity contribution < 1.29 is 14.3 Å². The lowest BCUT2D eigenvalue weighted by Gasteiger charge is -2.18. The second-order valence-corrected chi connectivity index (χ2v) is 5.46. The van der Waals surface area contributed by atoms with Gasteiger partial charge in [-0.1, -0.05) is 48.5 Å². The third-order valence-corrected chi connectivity index (χ3v) is 3.83. The summed E-state index contributed by atoms with van der Waals surface area (Å²) in [6, 6.07) is 17.0. The van der Waals surface area contributed by atoms with Gasteiger partial charge in [-0.15, -0.1) is 0 Å². The molecule has 0 fully saturated rings. The van der Waals surface area contributed by atoms with Crippen molar-refractivity contribution in [3.05, 3.63) is 77.7 Å². The fourth-order valence-electron chi connectivity index (χ4n) is 2.61.